The third kappa shape index (κ3) is 4.47. The Balaban J connectivity index is 1.66. The summed E-state index contributed by atoms with van der Waals surface area (Å²) in [6, 6.07) is 12.7. The molecule has 2 aromatic rings. The van der Waals surface area contributed by atoms with Crippen molar-refractivity contribution < 1.29 is 18.0 Å². The fraction of sp³-hybridized carbons (Fsp3) is 0.200. The van der Waals surface area contributed by atoms with Crippen LogP contribution in [0, 0.1) is 0 Å². The SMILES string of the molecule is C=CCNS(=O)(=O)c1ccc(C(=O)Nc2ccc(N3CCCC3=O)cc2)cc1. The van der Waals surface area contributed by atoms with E-state index in [4.69, 9.17) is 0 Å². The molecule has 2 amide bonds. The summed E-state index contributed by atoms with van der Waals surface area (Å²) in [6.07, 6.45) is 2.86. The molecule has 1 aliphatic rings. The van der Waals surface area contributed by atoms with Gasteiger partial charge in [-0.2, -0.15) is 0 Å². The van der Waals surface area contributed by atoms with Crippen molar-refractivity contribution in [3.63, 3.8) is 0 Å². The lowest BCUT2D eigenvalue weighted by molar-refractivity contribution is -0.117. The van der Waals surface area contributed by atoms with E-state index in [-0.39, 0.29) is 23.3 Å². The van der Waals surface area contributed by atoms with Crippen LogP contribution >= 0.6 is 0 Å². The van der Waals surface area contributed by atoms with Gasteiger partial charge >= 0.3 is 0 Å². The first-order chi connectivity index (χ1) is 13.4. The third-order valence-corrected chi connectivity index (χ3v) is 5.79. The molecule has 146 valence electrons. The molecule has 1 heterocycles. The van der Waals surface area contributed by atoms with Crippen molar-refractivity contribution in [3.05, 3.63) is 66.7 Å². The van der Waals surface area contributed by atoms with Crippen molar-refractivity contribution in [1.29, 1.82) is 0 Å². The van der Waals surface area contributed by atoms with Crippen LogP contribution in [0.15, 0.2) is 66.1 Å². The zero-order valence-corrected chi connectivity index (χ0v) is 16.0. The van der Waals surface area contributed by atoms with E-state index in [1.807, 2.05) is 0 Å². The fourth-order valence-electron chi connectivity index (χ4n) is 2.89. The zero-order valence-electron chi connectivity index (χ0n) is 15.2. The van der Waals surface area contributed by atoms with Crippen LogP contribution in [0.4, 0.5) is 11.4 Å². The summed E-state index contributed by atoms with van der Waals surface area (Å²) in [5, 5.41) is 2.76. The van der Waals surface area contributed by atoms with Crippen molar-refractivity contribution in [2.45, 2.75) is 17.7 Å². The van der Waals surface area contributed by atoms with Crippen molar-refractivity contribution in [2.24, 2.45) is 0 Å². The summed E-state index contributed by atoms with van der Waals surface area (Å²) in [5.41, 5.74) is 1.73. The Morgan fingerprint density at radius 3 is 2.36 bits per heavy atom. The van der Waals surface area contributed by atoms with E-state index in [1.165, 1.54) is 30.3 Å². The molecule has 2 aromatic carbocycles. The Kier molecular flexibility index (Phi) is 5.91. The van der Waals surface area contributed by atoms with Crippen molar-refractivity contribution >= 4 is 33.2 Å². The minimum Gasteiger partial charge on any atom is -0.322 e. The Labute approximate surface area is 164 Å². The molecule has 28 heavy (non-hydrogen) atoms. The summed E-state index contributed by atoms with van der Waals surface area (Å²) in [7, 11) is -3.63. The van der Waals surface area contributed by atoms with Gasteiger partial charge in [-0.05, 0) is 55.0 Å². The second kappa shape index (κ2) is 8.37. The van der Waals surface area contributed by atoms with Crippen LogP contribution in [-0.2, 0) is 14.8 Å². The molecule has 8 heteroatoms. The summed E-state index contributed by atoms with van der Waals surface area (Å²) >= 11 is 0. The summed E-state index contributed by atoms with van der Waals surface area (Å²) in [5.74, 6) is -0.248. The molecule has 0 aromatic heterocycles. The van der Waals surface area contributed by atoms with Gasteiger partial charge in [0.25, 0.3) is 5.91 Å². The average Bonchev–Trinajstić information content (AvgIpc) is 3.13. The van der Waals surface area contributed by atoms with Crippen LogP contribution in [-0.4, -0.2) is 33.3 Å². The number of hydrogen-bond donors (Lipinski definition) is 2. The lowest BCUT2D eigenvalue weighted by Gasteiger charge is -2.16. The first-order valence-corrected chi connectivity index (χ1v) is 10.3. The quantitative estimate of drug-likeness (QED) is 0.700. The number of hydrogen-bond acceptors (Lipinski definition) is 4. The highest BCUT2D eigenvalue weighted by molar-refractivity contribution is 7.89. The molecular weight excluding hydrogens is 378 g/mol. The van der Waals surface area contributed by atoms with Gasteiger partial charge in [0.15, 0.2) is 0 Å². The molecule has 1 fully saturated rings. The first kappa shape index (κ1) is 19.8. The van der Waals surface area contributed by atoms with Crippen molar-refractivity contribution in [3.8, 4) is 0 Å². The Morgan fingerprint density at radius 2 is 1.79 bits per heavy atom. The van der Waals surface area contributed by atoms with Crippen molar-refractivity contribution in [1.82, 2.24) is 4.72 Å². The minimum absolute atomic E-state index is 0.0746. The predicted octanol–water partition coefficient (Wildman–Crippen LogP) is 2.53. The van der Waals surface area contributed by atoms with Gasteiger partial charge in [-0.1, -0.05) is 6.08 Å². The molecular formula is C20H21N3O4S. The van der Waals surface area contributed by atoms with Crippen LogP contribution in [0.1, 0.15) is 23.2 Å². The first-order valence-electron chi connectivity index (χ1n) is 8.83. The molecule has 0 spiro atoms. The van der Waals surface area contributed by atoms with Gasteiger partial charge in [-0.15, -0.1) is 6.58 Å². The molecule has 3 rings (SSSR count). The number of carbonyl (C=O) groups excluding carboxylic acids is 2. The number of nitrogens with one attached hydrogen (secondary N) is 2. The molecule has 0 bridgehead atoms. The maximum absolute atomic E-state index is 12.4. The fourth-order valence-corrected chi connectivity index (χ4v) is 3.88. The predicted molar refractivity (Wildman–Crippen MR) is 108 cm³/mol. The lowest BCUT2D eigenvalue weighted by Crippen LogP contribution is -2.23. The van der Waals surface area contributed by atoms with E-state index in [1.54, 1.807) is 29.2 Å². The highest BCUT2D eigenvalue weighted by Crippen LogP contribution is 2.23. The summed E-state index contributed by atoms with van der Waals surface area (Å²) in [6.45, 7) is 4.31. The van der Waals surface area contributed by atoms with Crippen molar-refractivity contribution in [2.75, 3.05) is 23.3 Å². The Morgan fingerprint density at radius 1 is 1.11 bits per heavy atom. The third-order valence-electron chi connectivity index (χ3n) is 4.35. The normalized spacial score (nSPS) is 14.1. The molecule has 0 saturated carbocycles. The molecule has 0 radical (unpaired) electrons. The Bertz CT molecular complexity index is 983. The maximum Gasteiger partial charge on any atom is 0.255 e. The van der Waals surface area contributed by atoms with Crippen LogP contribution < -0.4 is 14.9 Å². The van der Waals surface area contributed by atoms with E-state index in [2.05, 4.69) is 16.6 Å². The zero-order chi connectivity index (χ0) is 20.1. The number of amides is 2. The Hall–Kier alpha value is -2.97. The van der Waals surface area contributed by atoms with Gasteiger partial charge in [0.05, 0.1) is 4.90 Å². The highest BCUT2D eigenvalue weighted by atomic mass is 32.2. The van der Waals surface area contributed by atoms with Crippen LogP contribution in [0.2, 0.25) is 0 Å². The van der Waals surface area contributed by atoms with Gasteiger partial charge < -0.3 is 10.2 Å². The number of sulfonamides is 1. The van der Waals surface area contributed by atoms with Crippen LogP contribution in [0.25, 0.3) is 0 Å². The van der Waals surface area contributed by atoms with E-state index >= 15 is 0 Å². The molecule has 1 aliphatic heterocycles. The molecule has 2 N–H and O–H groups in total. The number of nitrogens with zero attached hydrogens (tertiary/aromatic N) is 1. The molecule has 0 aliphatic carbocycles. The molecule has 1 saturated heterocycles. The minimum atomic E-state index is -3.63. The summed E-state index contributed by atoms with van der Waals surface area (Å²) < 4.78 is 26.5. The van der Waals surface area contributed by atoms with E-state index < -0.39 is 10.0 Å². The maximum atomic E-state index is 12.4. The van der Waals surface area contributed by atoms with Gasteiger partial charge in [0.2, 0.25) is 15.9 Å². The molecule has 0 unspecified atom stereocenters. The van der Waals surface area contributed by atoms with Gasteiger partial charge in [0, 0.05) is 36.4 Å². The smallest absolute Gasteiger partial charge is 0.255 e. The molecule has 7 nitrogen and oxygen atoms in total. The number of benzene rings is 2. The van der Waals surface area contributed by atoms with E-state index in [0.29, 0.717) is 24.2 Å². The highest BCUT2D eigenvalue weighted by Gasteiger charge is 2.21. The molecule has 0 atom stereocenters. The average molecular weight is 399 g/mol. The van der Waals surface area contributed by atoms with Gasteiger partial charge in [0.1, 0.15) is 0 Å². The lowest BCUT2D eigenvalue weighted by atomic mass is 10.2. The topological polar surface area (TPSA) is 95.6 Å². The van der Waals surface area contributed by atoms with Gasteiger partial charge in [-0.25, -0.2) is 13.1 Å². The standard InChI is InChI=1S/C20H21N3O4S/c1-2-13-21-28(26,27)18-11-5-15(6-12-18)20(25)22-16-7-9-17(10-8-16)23-14-3-4-19(23)24/h2,5-12,21H,1,3-4,13-14H2,(H,22,25). The largest absolute Gasteiger partial charge is 0.322 e. The van der Waals surface area contributed by atoms with Crippen LogP contribution in [0.3, 0.4) is 0 Å². The number of anilines is 2. The van der Waals surface area contributed by atoms with Gasteiger partial charge in [-0.3, -0.25) is 9.59 Å². The second-order valence-electron chi connectivity index (χ2n) is 6.31. The van der Waals surface area contributed by atoms with E-state index in [9.17, 15) is 18.0 Å². The number of rotatable bonds is 7. The second-order valence-corrected chi connectivity index (χ2v) is 8.08. The van der Waals surface area contributed by atoms with Crippen LogP contribution in [0.5, 0.6) is 0 Å². The van der Waals surface area contributed by atoms with E-state index in [0.717, 1.165) is 12.1 Å². The number of carbonyl (C=O) groups is 2. The monoisotopic (exact) mass is 399 g/mol. The summed E-state index contributed by atoms with van der Waals surface area (Å²) in [4.78, 5) is 26.0.